The number of carbonyl (C=O) groups excluding carboxylic acids is 3. The summed E-state index contributed by atoms with van der Waals surface area (Å²) in [5.41, 5.74) is 2.08. The number of halogens is 2. The smallest absolute Gasteiger partial charge is 0.339 e. The highest BCUT2D eigenvalue weighted by Crippen LogP contribution is 2.43. The van der Waals surface area contributed by atoms with Gasteiger partial charge in [0.25, 0.3) is 5.91 Å². The van der Waals surface area contributed by atoms with Crippen LogP contribution in [0.3, 0.4) is 0 Å². The lowest BCUT2D eigenvalue weighted by Gasteiger charge is -2.28. The van der Waals surface area contributed by atoms with E-state index in [1.165, 1.54) is 26.1 Å². The molecule has 1 aliphatic heterocycles. The third-order valence-electron chi connectivity index (χ3n) is 5.85. The Morgan fingerprint density at radius 3 is 2.38 bits per heavy atom. The van der Waals surface area contributed by atoms with Crippen LogP contribution in [0, 0.1) is 5.82 Å². The zero-order valence-corrected chi connectivity index (χ0v) is 20.4. The number of nitrogens with one attached hydrogen (secondary N) is 2. The van der Waals surface area contributed by atoms with Gasteiger partial charge >= 0.3 is 5.97 Å². The SMILES string of the molecule is CCCC1(CCC)OC(=O)c2cc(F)ccc21.CNC(=O)c1[nH]c2cc(Cl)ccc2c1C(C)=O. The van der Waals surface area contributed by atoms with Crippen LogP contribution in [0.2, 0.25) is 5.02 Å². The Kier molecular flexibility index (Phi) is 7.77. The number of ketones is 1. The van der Waals surface area contributed by atoms with Crippen molar-refractivity contribution in [1.29, 1.82) is 0 Å². The fourth-order valence-electron chi connectivity index (χ4n) is 4.50. The highest BCUT2D eigenvalue weighted by molar-refractivity contribution is 6.31. The van der Waals surface area contributed by atoms with Gasteiger partial charge in [-0.15, -0.1) is 0 Å². The van der Waals surface area contributed by atoms with Crippen LogP contribution in [0.1, 0.15) is 83.2 Å². The molecule has 0 spiro atoms. The van der Waals surface area contributed by atoms with E-state index in [1.54, 1.807) is 24.3 Å². The number of fused-ring (bicyclic) bond motifs is 2. The summed E-state index contributed by atoms with van der Waals surface area (Å²) in [6.45, 7) is 5.56. The van der Waals surface area contributed by atoms with E-state index in [-0.39, 0.29) is 29.2 Å². The summed E-state index contributed by atoms with van der Waals surface area (Å²) in [5, 5.41) is 3.76. The van der Waals surface area contributed by atoms with Gasteiger partial charge in [0.05, 0.1) is 11.1 Å². The van der Waals surface area contributed by atoms with Crippen LogP contribution < -0.4 is 5.32 Å². The van der Waals surface area contributed by atoms with E-state index in [4.69, 9.17) is 16.3 Å². The van der Waals surface area contributed by atoms with Crippen LogP contribution in [-0.2, 0) is 10.3 Å². The topological polar surface area (TPSA) is 88.3 Å². The Bertz CT molecular complexity index is 1250. The second-order valence-corrected chi connectivity index (χ2v) is 8.71. The van der Waals surface area contributed by atoms with Crippen molar-refractivity contribution in [3.8, 4) is 0 Å². The predicted molar refractivity (Wildman–Crippen MR) is 130 cm³/mol. The highest BCUT2D eigenvalue weighted by Gasteiger charge is 2.44. The van der Waals surface area contributed by atoms with Crippen LogP contribution in [0.4, 0.5) is 4.39 Å². The van der Waals surface area contributed by atoms with E-state index >= 15 is 0 Å². The molecule has 1 amide bonds. The summed E-state index contributed by atoms with van der Waals surface area (Å²) in [7, 11) is 1.52. The standard InChI is InChI=1S/C14H17FO2.C12H11ClN2O2/c1-3-7-14(8-4-2)12-6-5-10(15)9-11(12)13(16)17-14;1-6(16)10-8-4-3-7(13)5-9(8)15-11(10)12(17)14-2/h5-6,9H,3-4,7-8H2,1-2H3;3-5,15H,1-2H3,(H,14,17). The molecule has 4 rings (SSSR count). The normalized spacial score (nSPS) is 13.6. The molecule has 0 atom stereocenters. The van der Waals surface area contributed by atoms with Crippen molar-refractivity contribution in [2.24, 2.45) is 0 Å². The number of hydrogen-bond acceptors (Lipinski definition) is 4. The molecule has 0 saturated heterocycles. The number of Topliss-reactive ketones (excluding diaryl/α,β-unsaturated/α-hetero) is 1. The average molecular weight is 487 g/mol. The fourth-order valence-corrected chi connectivity index (χ4v) is 4.68. The molecule has 0 fully saturated rings. The third-order valence-corrected chi connectivity index (χ3v) is 6.09. The average Bonchev–Trinajstić information content (AvgIpc) is 3.29. The molecule has 2 N–H and O–H groups in total. The number of aromatic amines is 1. The second kappa shape index (κ2) is 10.4. The van der Waals surface area contributed by atoms with E-state index in [1.807, 2.05) is 0 Å². The minimum absolute atomic E-state index is 0.155. The van der Waals surface area contributed by atoms with Crippen LogP contribution >= 0.6 is 11.6 Å². The van der Waals surface area contributed by atoms with Crippen molar-refractivity contribution in [3.05, 3.63) is 69.6 Å². The van der Waals surface area contributed by atoms with Crippen LogP contribution in [-0.4, -0.2) is 29.7 Å². The molecular weight excluding hydrogens is 459 g/mol. The molecule has 0 unspecified atom stereocenters. The van der Waals surface area contributed by atoms with Crippen molar-refractivity contribution < 1.29 is 23.5 Å². The lowest BCUT2D eigenvalue weighted by molar-refractivity contribution is -0.0183. The van der Waals surface area contributed by atoms with Gasteiger partial charge in [-0.1, -0.05) is 50.4 Å². The van der Waals surface area contributed by atoms with Crippen molar-refractivity contribution >= 4 is 40.2 Å². The van der Waals surface area contributed by atoms with Gasteiger partial charge in [0.1, 0.15) is 17.1 Å². The lowest BCUT2D eigenvalue weighted by atomic mass is 9.84. The first-order valence-corrected chi connectivity index (χ1v) is 11.6. The van der Waals surface area contributed by atoms with Gasteiger partial charge in [-0.25, -0.2) is 9.18 Å². The Balaban J connectivity index is 0.000000191. The van der Waals surface area contributed by atoms with Gasteiger partial charge < -0.3 is 15.0 Å². The molecule has 34 heavy (non-hydrogen) atoms. The molecule has 2 aromatic carbocycles. The molecule has 0 radical (unpaired) electrons. The molecule has 8 heteroatoms. The monoisotopic (exact) mass is 486 g/mol. The highest BCUT2D eigenvalue weighted by atomic mass is 35.5. The second-order valence-electron chi connectivity index (χ2n) is 8.27. The molecule has 0 bridgehead atoms. The minimum atomic E-state index is -0.524. The Morgan fingerprint density at radius 2 is 1.79 bits per heavy atom. The lowest BCUT2D eigenvalue weighted by Crippen LogP contribution is -2.25. The number of rotatable bonds is 6. The summed E-state index contributed by atoms with van der Waals surface area (Å²) in [6, 6.07) is 9.50. The van der Waals surface area contributed by atoms with Gasteiger partial charge in [-0.05, 0) is 44.0 Å². The maximum absolute atomic E-state index is 13.2. The van der Waals surface area contributed by atoms with Crippen LogP contribution in [0.5, 0.6) is 0 Å². The number of esters is 1. The number of carbonyl (C=O) groups is 3. The summed E-state index contributed by atoms with van der Waals surface area (Å²) in [5.74, 6) is -1.24. The van der Waals surface area contributed by atoms with Crippen molar-refractivity contribution in [3.63, 3.8) is 0 Å². The molecular formula is C26H28ClFN2O4. The predicted octanol–water partition coefficient (Wildman–Crippen LogP) is 6.18. The van der Waals surface area contributed by atoms with Gasteiger partial charge in [-0.2, -0.15) is 0 Å². The van der Waals surface area contributed by atoms with Crippen molar-refractivity contribution in [2.75, 3.05) is 7.05 Å². The molecule has 1 aliphatic rings. The molecule has 6 nitrogen and oxygen atoms in total. The Labute approximate surface area is 202 Å². The molecule has 0 saturated carbocycles. The largest absolute Gasteiger partial charge is 0.451 e. The number of amides is 1. The minimum Gasteiger partial charge on any atom is -0.451 e. The van der Waals surface area contributed by atoms with E-state index in [9.17, 15) is 18.8 Å². The molecule has 2 heterocycles. The maximum Gasteiger partial charge on any atom is 0.339 e. The van der Waals surface area contributed by atoms with Crippen LogP contribution in [0.15, 0.2) is 36.4 Å². The van der Waals surface area contributed by atoms with Gasteiger partial charge in [0, 0.05) is 28.5 Å². The molecule has 0 aliphatic carbocycles. The number of cyclic esters (lactones) is 1. The van der Waals surface area contributed by atoms with Gasteiger partial charge in [0.15, 0.2) is 5.78 Å². The first-order valence-electron chi connectivity index (χ1n) is 11.2. The Morgan fingerprint density at radius 1 is 1.12 bits per heavy atom. The maximum atomic E-state index is 13.2. The van der Waals surface area contributed by atoms with E-state index in [0.717, 1.165) is 31.2 Å². The number of aromatic nitrogens is 1. The van der Waals surface area contributed by atoms with Crippen molar-refractivity contribution in [1.82, 2.24) is 10.3 Å². The first-order chi connectivity index (χ1) is 16.2. The number of H-pyrrole nitrogens is 1. The van der Waals surface area contributed by atoms with Gasteiger partial charge in [-0.3, -0.25) is 9.59 Å². The summed E-state index contributed by atoms with van der Waals surface area (Å²) in [6.07, 6.45) is 3.46. The fraction of sp³-hybridized carbons (Fsp3) is 0.346. The summed E-state index contributed by atoms with van der Waals surface area (Å²) >= 11 is 5.87. The number of hydrogen-bond donors (Lipinski definition) is 2. The third kappa shape index (κ3) is 4.85. The van der Waals surface area contributed by atoms with E-state index in [0.29, 0.717) is 27.1 Å². The number of benzene rings is 2. The summed E-state index contributed by atoms with van der Waals surface area (Å²) in [4.78, 5) is 38.0. The zero-order chi connectivity index (χ0) is 25.0. The van der Waals surface area contributed by atoms with Crippen molar-refractivity contribution in [2.45, 2.75) is 52.1 Å². The summed E-state index contributed by atoms with van der Waals surface area (Å²) < 4.78 is 18.7. The molecule has 3 aromatic rings. The van der Waals surface area contributed by atoms with Gasteiger partial charge in [0.2, 0.25) is 0 Å². The van der Waals surface area contributed by atoms with E-state index < -0.39 is 5.60 Å². The first kappa shape index (κ1) is 25.4. The molecule has 1 aromatic heterocycles. The van der Waals surface area contributed by atoms with Crippen LogP contribution in [0.25, 0.3) is 10.9 Å². The Hall–Kier alpha value is -3.19. The molecule has 180 valence electrons. The van der Waals surface area contributed by atoms with E-state index in [2.05, 4.69) is 24.1 Å². The number of ether oxygens (including phenoxy) is 1. The quantitative estimate of drug-likeness (QED) is 0.322. The zero-order valence-electron chi connectivity index (χ0n) is 19.7.